The molecule has 0 aliphatic carbocycles. The lowest BCUT2D eigenvalue weighted by Crippen LogP contribution is -2.28. The van der Waals surface area contributed by atoms with Gasteiger partial charge in [0.25, 0.3) is 0 Å². The first-order chi connectivity index (χ1) is 18.8. The van der Waals surface area contributed by atoms with Gasteiger partial charge >= 0.3 is 0 Å². The van der Waals surface area contributed by atoms with Crippen molar-refractivity contribution in [2.24, 2.45) is 27.6 Å². The molecule has 2 atom stereocenters. The van der Waals surface area contributed by atoms with Crippen molar-refractivity contribution in [1.29, 1.82) is 0 Å². The molecular formula is C33H51N5S. The van der Waals surface area contributed by atoms with Crippen LogP contribution in [0.3, 0.4) is 0 Å². The molecule has 3 N–H and O–H groups in total. The minimum absolute atomic E-state index is 0.364. The summed E-state index contributed by atoms with van der Waals surface area (Å²) in [5, 5.41) is 4.42. The van der Waals surface area contributed by atoms with Crippen LogP contribution in [0.5, 0.6) is 0 Å². The Kier molecular flexibility index (Phi) is 16.5. The minimum Gasteiger partial charge on any atom is -0.382 e. The van der Waals surface area contributed by atoms with Crippen LogP contribution in [-0.2, 0) is 6.42 Å². The van der Waals surface area contributed by atoms with E-state index in [2.05, 4.69) is 80.3 Å². The number of amidine groups is 1. The van der Waals surface area contributed by atoms with Gasteiger partial charge in [0.05, 0.1) is 5.69 Å². The third-order valence-electron chi connectivity index (χ3n) is 6.01. The number of nitrogens with one attached hydrogen (secondary N) is 1. The van der Waals surface area contributed by atoms with E-state index >= 15 is 0 Å². The van der Waals surface area contributed by atoms with E-state index in [-0.39, 0.29) is 0 Å². The summed E-state index contributed by atoms with van der Waals surface area (Å²) in [6.45, 7) is 18.7. The van der Waals surface area contributed by atoms with E-state index < -0.39 is 0 Å². The van der Waals surface area contributed by atoms with Crippen LogP contribution >= 0.6 is 11.3 Å². The number of aliphatic imine (C=N–C) groups is 2. The van der Waals surface area contributed by atoms with Crippen molar-refractivity contribution in [1.82, 2.24) is 9.88 Å². The Balaban J connectivity index is 0.00000142. The quantitative estimate of drug-likeness (QED) is 0.217. The fourth-order valence-electron chi connectivity index (χ4n) is 4.09. The van der Waals surface area contributed by atoms with Gasteiger partial charge in [-0.3, -0.25) is 4.99 Å². The average molecular weight is 550 g/mol. The Hall–Kier alpha value is -3.12. The normalized spacial score (nSPS) is 15.8. The van der Waals surface area contributed by atoms with Crippen LogP contribution in [0.4, 0.5) is 0 Å². The molecule has 0 aromatic carbocycles. The summed E-state index contributed by atoms with van der Waals surface area (Å²) >= 11 is 1.78. The van der Waals surface area contributed by atoms with E-state index in [9.17, 15) is 0 Å². The van der Waals surface area contributed by atoms with Crippen molar-refractivity contribution in [2.45, 2.75) is 80.6 Å². The molecule has 0 radical (unpaired) electrons. The smallest absolute Gasteiger partial charge is 0.149 e. The lowest BCUT2D eigenvalue weighted by atomic mass is 9.95. The van der Waals surface area contributed by atoms with E-state index in [0.717, 1.165) is 41.2 Å². The van der Waals surface area contributed by atoms with Crippen molar-refractivity contribution in [2.75, 3.05) is 7.05 Å². The number of nitrogens with zero attached hydrogens (tertiary/aromatic N) is 3. The predicted molar refractivity (Wildman–Crippen MR) is 176 cm³/mol. The molecule has 3 rings (SSSR count). The molecule has 1 aliphatic rings. The molecule has 0 saturated heterocycles. The maximum absolute atomic E-state index is 6.29. The highest BCUT2D eigenvalue weighted by atomic mass is 32.1. The second-order valence-electron chi connectivity index (χ2n) is 9.83. The summed E-state index contributed by atoms with van der Waals surface area (Å²) in [5.41, 5.74) is 12.4. The average Bonchev–Trinajstić information content (AvgIpc) is 3.55. The zero-order valence-electron chi connectivity index (χ0n) is 25.5. The number of aromatic amines is 1. The fraction of sp³-hybridized carbons (Fsp3) is 0.455. The van der Waals surface area contributed by atoms with Gasteiger partial charge in [-0.2, -0.15) is 11.3 Å². The number of allylic oxidation sites excluding steroid dienone is 2. The summed E-state index contributed by atoms with van der Waals surface area (Å²) in [5.74, 6) is 1.52. The highest BCUT2D eigenvalue weighted by molar-refractivity contribution is 7.07. The summed E-state index contributed by atoms with van der Waals surface area (Å²) in [6, 6.07) is 4.34. The molecule has 1 aliphatic heterocycles. The Bertz CT molecular complexity index is 1120. The van der Waals surface area contributed by atoms with Crippen LogP contribution in [-0.4, -0.2) is 29.0 Å². The molecule has 0 bridgehead atoms. The van der Waals surface area contributed by atoms with Crippen molar-refractivity contribution >= 4 is 35.2 Å². The molecule has 2 aromatic heterocycles. The van der Waals surface area contributed by atoms with Crippen LogP contribution in [0.25, 0.3) is 11.8 Å². The van der Waals surface area contributed by atoms with Crippen LogP contribution in [0.15, 0.2) is 69.7 Å². The summed E-state index contributed by atoms with van der Waals surface area (Å²) in [6.07, 6.45) is 17.3. The van der Waals surface area contributed by atoms with Gasteiger partial charge in [-0.15, -0.1) is 0 Å². The molecule has 214 valence electrons. The highest BCUT2D eigenvalue weighted by Gasteiger charge is 2.20. The Labute approximate surface area is 242 Å². The molecule has 0 amide bonds. The van der Waals surface area contributed by atoms with Gasteiger partial charge in [0.1, 0.15) is 17.2 Å². The molecule has 2 aromatic rings. The third-order valence-corrected chi connectivity index (χ3v) is 6.74. The zero-order chi connectivity index (χ0) is 29.2. The second-order valence-corrected chi connectivity index (χ2v) is 10.6. The predicted octanol–water partition coefficient (Wildman–Crippen LogP) is 9.22. The van der Waals surface area contributed by atoms with Crippen molar-refractivity contribution < 1.29 is 0 Å². The van der Waals surface area contributed by atoms with Gasteiger partial charge in [0.2, 0.25) is 0 Å². The van der Waals surface area contributed by atoms with E-state index in [1.807, 2.05) is 44.1 Å². The minimum atomic E-state index is 0.364. The van der Waals surface area contributed by atoms with E-state index in [1.165, 1.54) is 24.8 Å². The summed E-state index contributed by atoms with van der Waals surface area (Å²) in [7, 11) is 1.97. The van der Waals surface area contributed by atoms with Crippen molar-refractivity contribution in [3.05, 3.63) is 82.2 Å². The van der Waals surface area contributed by atoms with E-state index in [1.54, 1.807) is 23.6 Å². The number of rotatable bonds is 11. The van der Waals surface area contributed by atoms with Gasteiger partial charge in [0, 0.05) is 31.4 Å². The van der Waals surface area contributed by atoms with Gasteiger partial charge in [0.15, 0.2) is 0 Å². The van der Waals surface area contributed by atoms with E-state index in [4.69, 9.17) is 10.7 Å². The maximum Gasteiger partial charge on any atom is 0.149 e. The number of aryl methyl sites for hydroxylation is 1. The van der Waals surface area contributed by atoms with Crippen LogP contribution < -0.4 is 5.73 Å². The standard InChI is InChI=1S/C28H37N5S.C3H8.C2H6/c1-6-7-11-24-22(4)17-25(32-24)26(27-28(29)30-13-14-33(27)5)31-18-21(3)10-8-9-20(2)16-23-12-15-34-19-23;1-3-2;1-2/h6-7,11-15,17-21,32H,1,8-10,16H2,2-5H3,(H2,29,30);3H2,1-2H3;1-2H3/b11-7-,27-26-,31-18?;;. The first kappa shape index (κ1) is 33.9. The lowest BCUT2D eigenvalue weighted by Gasteiger charge is -2.22. The summed E-state index contributed by atoms with van der Waals surface area (Å²) in [4.78, 5) is 14.7. The molecule has 3 heterocycles. The number of aromatic nitrogens is 1. The Morgan fingerprint density at radius 1 is 1.26 bits per heavy atom. The third kappa shape index (κ3) is 11.7. The van der Waals surface area contributed by atoms with Gasteiger partial charge < -0.3 is 15.6 Å². The molecule has 2 unspecified atom stereocenters. The second kappa shape index (κ2) is 19.0. The lowest BCUT2D eigenvalue weighted by molar-refractivity contribution is 0.480. The van der Waals surface area contributed by atoms with Gasteiger partial charge in [-0.25, -0.2) is 4.99 Å². The van der Waals surface area contributed by atoms with Crippen LogP contribution in [0, 0.1) is 18.8 Å². The number of nitrogens with two attached hydrogens (primary N) is 1. The molecule has 0 fully saturated rings. The number of H-pyrrole nitrogens is 1. The molecule has 5 nitrogen and oxygen atoms in total. The van der Waals surface area contributed by atoms with Gasteiger partial charge in [-0.05, 0) is 71.7 Å². The first-order valence-corrected chi connectivity index (χ1v) is 15.3. The monoisotopic (exact) mass is 549 g/mol. The topological polar surface area (TPSA) is 69.8 Å². The van der Waals surface area contributed by atoms with Crippen LogP contribution in [0.2, 0.25) is 0 Å². The number of hydrogen-bond donors (Lipinski definition) is 2. The number of thiophene rings is 1. The molecule has 0 spiro atoms. The Morgan fingerprint density at radius 3 is 2.59 bits per heavy atom. The maximum atomic E-state index is 6.29. The first-order valence-electron chi connectivity index (χ1n) is 14.3. The molecule has 6 heteroatoms. The van der Waals surface area contributed by atoms with Crippen molar-refractivity contribution in [3.63, 3.8) is 0 Å². The summed E-state index contributed by atoms with van der Waals surface area (Å²) < 4.78 is 0. The Morgan fingerprint density at radius 2 is 1.97 bits per heavy atom. The molecule has 39 heavy (non-hydrogen) atoms. The number of likely N-dealkylation sites (N-methyl/N-ethyl adjacent to an activating group) is 1. The van der Waals surface area contributed by atoms with Crippen LogP contribution in [0.1, 0.15) is 89.7 Å². The highest BCUT2D eigenvalue weighted by Crippen LogP contribution is 2.27. The molecular weight excluding hydrogens is 498 g/mol. The molecule has 0 saturated carbocycles. The SMILES string of the molecule is C=C/C=C\c1[nH]c(/C(N=CC(C)CCCC(C)Cc2ccsc2)=C2\C(N)=NC=CN2C)cc1C.CC.CCC. The fourth-order valence-corrected chi connectivity index (χ4v) is 4.77. The van der Waals surface area contributed by atoms with Gasteiger partial charge in [-0.1, -0.05) is 79.5 Å². The largest absolute Gasteiger partial charge is 0.382 e. The number of hydrogen-bond acceptors (Lipinski definition) is 5. The van der Waals surface area contributed by atoms with Crippen molar-refractivity contribution in [3.8, 4) is 0 Å². The van der Waals surface area contributed by atoms with E-state index in [0.29, 0.717) is 17.7 Å². The zero-order valence-corrected chi connectivity index (χ0v) is 26.3.